The fourth-order valence-electron chi connectivity index (χ4n) is 3.73. The largest absolute Gasteiger partial charge is 0.468 e. The Hall–Kier alpha value is -2.62. The van der Waals surface area contributed by atoms with Crippen molar-refractivity contribution in [2.45, 2.75) is 31.8 Å². The molecule has 0 saturated carbocycles. The summed E-state index contributed by atoms with van der Waals surface area (Å²) in [6, 6.07) is 11.4. The van der Waals surface area contributed by atoms with Gasteiger partial charge in [-0.3, -0.25) is 14.5 Å². The molecule has 9 heteroatoms. The van der Waals surface area contributed by atoms with Crippen LogP contribution in [0.4, 0.5) is 5.69 Å². The average molecular weight is 431 g/mol. The van der Waals surface area contributed by atoms with Crippen LogP contribution in [0.5, 0.6) is 0 Å². The molecule has 8 nitrogen and oxygen atoms in total. The van der Waals surface area contributed by atoms with Crippen molar-refractivity contribution in [2.24, 2.45) is 0 Å². The van der Waals surface area contributed by atoms with Gasteiger partial charge in [0.1, 0.15) is 11.5 Å². The number of furan rings is 1. The van der Waals surface area contributed by atoms with E-state index in [0.717, 1.165) is 50.6 Å². The molecule has 30 heavy (non-hydrogen) atoms. The van der Waals surface area contributed by atoms with Crippen LogP contribution >= 0.6 is 0 Å². The summed E-state index contributed by atoms with van der Waals surface area (Å²) < 4.78 is 38.2. The van der Waals surface area contributed by atoms with E-state index in [1.165, 1.54) is 0 Å². The zero-order chi connectivity index (χ0) is 21.1. The minimum atomic E-state index is -3.73. The van der Waals surface area contributed by atoms with E-state index in [9.17, 15) is 8.42 Å². The molecule has 1 aromatic carbocycles. The minimum Gasteiger partial charge on any atom is -0.468 e. The third-order valence-electron chi connectivity index (χ3n) is 5.27. The highest BCUT2D eigenvalue weighted by atomic mass is 32.2. The second kappa shape index (κ2) is 8.63. The number of benzene rings is 1. The lowest BCUT2D eigenvalue weighted by molar-refractivity contribution is 0.116. The highest BCUT2D eigenvalue weighted by Gasteiger charge is 2.24. The SMILES string of the molecule is Cc1noc(C)c1S(=O)(=O)Nc1ccc(CN2CCN(Cc3ccco3)CC2)cc1. The summed E-state index contributed by atoms with van der Waals surface area (Å²) in [4.78, 5) is 4.89. The molecule has 1 aliphatic heterocycles. The summed E-state index contributed by atoms with van der Waals surface area (Å²) in [6.45, 7) is 8.86. The second-order valence-electron chi connectivity index (χ2n) is 7.59. The standard InChI is InChI=1S/C21H26N4O4S/c1-16-21(17(2)29-22-16)30(26,27)23-19-7-5-18(6-8-19)14-24-9-11-25(12-10-24)15-20-4-3-13-28-20/h3-8,13,23H,9-12,14-15H2,1-2H3. The quantitative estimate of drug-likeness (QED) is 0.616. The number of aryl methyl sites for hydroxylation is 2. The Kier molecular flexibility index (Phi) is 5.94. The Morgan fingerprint density at radius 3 is 2.23 bits per heavy atom. The summed E-state index contributed by atoms with van der Waals surface area (Å²) in [7, 11) is -3.73. The molecular formula is C21H26N4O4S. The van der Waals surface area contributed by atoms with Gasteiger partial charge in [0.15, 0.2) is 10.7 Å². The van der Waals surface area contributed by atoms with E-state index in [2.05, 4.69) is 19.7 Å². The zero-order valence-electron chi connectivity index (χ0n) is 17.2. The van der Waals surface area contributed by atoms with Crippen molar-refractivity contribution >= 4 is 15.7 Å². The number of hydrogen-bond donors (Lipinski definition) is 1. The highest BCUT2D eigenvalue weighted by Crippen LogP contribution is 2.23. The van der Waals surface area contributed by atoms with Crippen LogP contribution in [-0.2, 0) is 23.1 Å². The molecular weight excluding hydrogens is 404 g/mol. The van der Waals surface area contributed by atoms with E-state index < -0.39 is 10.0 Å². The predicted octanol–water partition coefficient (Wildman–Crippen LogP) is 3.00. The number of hydrogen-bond acceptors (Lipinski definition) is 7. The number of nitrogens with one attached hydrogen (secondary N) is 1. The number of anilines is 1. The van der Waals surface area contributed by atoms with Gasteiger partial charge in [-0.15, -0.1) is 0 Å². The summed E-state index contributed by atoms with van der Waals surface area (Å²) in [5, 5.41) is 3.72. The van der Waals surface area contributed by atoms with E-state index in [-0.39, 0.29) is 10.7 Å². The lowest BCUT2D eigenvalue weighted by Gasteiger charge is -2.34. The van der Waals surface area contributed by atoms with E-state index in [1.54, 1.807) is 32.2 Å². The predicted molar refractivity (Wildman–Crippen MR) is 112 cm³/mol. The molecule has 1 N–H and O–H groups in total. The second-order valence-corrected chi connectivity index (χ2v) is 9.21. The lowest BCUT2D eigenvalue weighted by atomic mass is 10.2. The topological polar surface area (TPSA) is 91.8 Å². The van der Waals surface area contributed by atoms with Gasteiger partial charge in [-0.1, -0.05) is 17.3 Å². The van der Waals surface area contributed by atoms with Crippen molar-refractivity contribution < 1.29 is 17.4 Å². The zero-order valence-corrected chi connectivity index (χ0v) is 18.0. The number of aromatic nitrogens is 1. The summed E-state index contributed by atoms with van der Waals surface area (Å²) in [6.07, 6.45) is 1.71. The molecule has 0 bridgehead atoms. The number of sulfonamides is 1. The monoisotopic (exact) mass is 430 g/mol. The maximum atomic E-state index is 12.6. The van der Waals surface area contributed by atoms with Gasteiger partial charge in [-0.05, 0) is 43.7 Å². The van der Waals surface area contributed by atoms with Crippen LogP contribution in [0.3, 0.4) is 0 Å². The maximum Gasteiger partial charge on any atom is 0.267 e. The molecule has 160 valence electrons. The molecule has 0 amide bonds. The summed E-state index contributed by atoms with van der Waals surface area (Å²) in [5.74, 6) is 1.28. The van der Waals surface area contributed by atoms with Crippen LogP contribution in [0.2, 0.25) is 0 Å². The Morgan fingerprint density at radius 1 is 1.00 bits per heavy atom. The smallest absolute Gasteiger partial charge is 0.267 e. The fourth-order valence-corrected chi connectivity index (χ4v) is 5.12. The van der Waals surface area contributed by atoms with E-state index in [1.807, 2.05) is 24.3 Å². The van der Waals surface area contributed by atoms with E-state index >= 15 is 0 Å². The molecule has 1 saturated heterocycles. The van der Waals surface area contributed by atoms with Gasteiger partial charge in [-0.2, -0.15) is 0 Å². The lowest BCUT2D eigenvalue weighted by Crippen LogP contribution is -2.45. The average Bonchev–Trinajstić information content (AvgIpc) is 3.34. The summed E-state index contributed by atoms with van der Waals surface area (Å²) in [5.41, 5.74) is 2.01. The van der Waals surface area contributed by atoms with Gasteiger partial charge in [0.2, 0.25) is 0 Å². The van der Waals surface area contributed by atoms with Crippen LogP contribution in [-0.4, -0.2) is 49.6 Å². The molecule has 0 atom stereocenters. The van der Waals surface area contributed by atoms with Crippen LogP contribution < -0.4 is 4.72 Å². The molecule has 0 aliphatic carbocycles. The van der Waals surface area contributed by atoms with Gasteiger partial charge < -0.3 is 8.94 Å². The van der Waals surface area contributed by atoms with Gasteiger partial charge in [-0.25, -0.2) is 8.42 Å². The molecule has 0 spiro atoms. The molecule has 0 unspecified atom stereocenters. The van der Waals surface area contributed by atoms with Crippen LogP contribution in [0.1, 0.15) is 22.8 Å². The summed E-state index contributed by atoms with van der Waals surface area (Å²) >= 11 is 0. The molecule has 0 radical (unpaired) electrons. The molecule has 4 rings (SSSR count). The Morgan fingerprint density at radius 2 is 1.67 bits per heavy atom. The molecule has 3 aromatic rings. The van der Waals surface area contributed by atoms with Crippen LogP contribution in [0.15, 0.2) is 56.5 Å². The van der Waals surface area contributed by atoms with Crippen LogP contribution in [0.25, 0.3) is 0 Å². The third kappa shape index (κ3) is 4.75. The van der Waals surface area contributed by atoms with Crippen molar-refractivity contribution in [1.29, 1.82) is 0 Å². The Labute approximate surface area is 176 Å². The molecule has 1 aliphatic rings. The molecule has 3 heterocycles. The first-order valence-electron chi connectivity index (χ1n) is 9.92. The van der Waals surface area contributed by atoms with Crippen LogP contribution in [0, 0.1) is 13.8 Å². The van der Waals surface area contributed by atoms with E-state index in [0.29, 0.717) is 11.4 Å². The van der Waals surface area contributed by atoms with E-state index in [4.69, 9.17) is 8.94 Å². The van der Waals surface area contributed by atoms with Crippen molar-refractivity contribution in [1.82, 2.24) is 15.0 Å². The minimum absolute atomic E-state index is 0.0963. The molecule has 2 aromatic heterocycles. The van der Waals surface area contributed by atoms with Crippen molar-refractivity contribution in [3.8, 4) is 0 Å². The number of rotatable bonds is 7. The van der Waals surface area contributed by atoms with Gasteiger partial charge in [0.05, 0.1) is 12.8 Å². The van der Waals surface area contributed by atoms with Crippen molar-refractivity contribution in [3.63, 3.8) is 0 Å². The molecule has 1 fully saturated rings. The first kappa shape index (κ1) is 20.6. The van der Waals surface area contributed by atoms with Crippen molar-refractivity contribution in [2.75, 3.05) is 30.9 Å². The first-order valence-corrected chi connectivity index (χ1v) is 11.4. The normalized spacial score (nSPS) is 16.1. The Bertz CT molecular complexity index is 1050. The highest BCUT2D eigenvalue weighted by molar-refractivity contribution is 7.92. The van der Waals surface area contributed by atoms with Gasteiger partial charge >= 0.3 is 0 Å². The number of piperazine rings is 1. The maximum absolute atomic E-state index is 12.6. The fraction of sp³-hybridized carbons (Fsp3) is 0.381. The van der Waals surface area contributed by atoms with Gasteiger partial charge in [0, 0.05) is 38.4 Å². The number of nitrogens with zero attached hydrogens (tertiary/aromatic N) is 3. The Balaban J connectivity index is 1.31. The first-order chi connectivity index (χ1) is 14.4. The van der Waals surface area contributed by atoms with Crippen molar-refractivity contribution in [3.05, 3.63) is 65.4 Å². The van der Waals surface area contributed by atoms with Gasteiger partial charge in [0.25, 0.3) is 10.0 Å². The third-order valence-corrected chi connectivity index (χ3v) is 6.90.